The molecule has 2 atom stereocenters. The van der Waals surface area contributed by atoms with Crippen molar-refractivity contribution in [3.05, 3.63) is 34.9 Å². The van der Waals surface area contributed by atoms with Crippen LogP contribution in [0.3, 0.4) is 0 Å². The lowest BCUT2D eigenvalue weighted by atomic mass is 9.98. The van der Waals surface area contributed by atoms with Crippen LogP contribution >= 0.6 is 0 Å². The molecule has 1 aromatic rings. The molecule has 0 bridgehead atoms. The summed E-state index contributed by atoms with van der Waals surface area (Å²) >= 11 is 0. The summed E-state index contributed by atoms with van der Waals surface area (Å²) < 4.78 is 5.44. The molecule has 0 amide bonds. The van der Waals surface area contributed by atoms with Crippen LogP contribution in [0.25, 0.3) is 0 Å². The zero-order valence-electron chi connectivity index (χ0n) is 11.0. The van der Waals surface area contributed by atoms with Crippen molar-refractivity contribution in [3.8, 4) is 0 Å². The van der Waals surface area contributed by atoms with Gasteiger partial charge in [0.05, 0.1) is 12.1 Å². The van der Waals surface area contributed by atoms with Crippen molar-refractivity contribution in [2.45, 2.75) is 39.8 Å². The molecule has 0 aliphatic heterocycles. The standard InChI is InChI=1S/C14H23NO/c1-6-15-14(12(4)16-5)13-8-10(2)7-11(3)9-13/h7-9,12,14-15H,6H2,1-5H3. The quantitative estimate of drug-likeness (QED) is 0.825. The van der Waals surface area contributed by atoms with E-state index < -0.39 is 0 Å². The van der Waals surface area contributed by atoms with Crippen LogP contribution in [0.1, 0.15) is 36.6 Å². The zero-order chi connectivity index (χ0) is 12.1. The zero-order valence-corrected chi connectivity index (χ0v) is 11.0. The molecule has 0 saturated heterocycles. The first-order valence-electron chi connectivity index (χ1n) is 5.92. The van der Waals surface area contributed by atoms with E-state index in [0.29, 0.717) is 0 Å². The lowest BCUT2D eigenvalue weighted by molar-refractivity contribution is 0.0835. The van der Waals surface area contributed by atoms with E-state index in [1.807, 2.05) is 0 Å². The molecule has 90 valence electrons. The van der Waals surface area contributed by atoms with Gasteiger partial charge in [0.25, 0.3) is 0 Å². The molecule has 1 aromatic carbocycles. The largest absolute Gasteiger partial charge is 0.380 e. The van der Waals surface area contributed by atoms with E-state index >= 15 is 0 Å². The fourth-order valence-corrected chi connectivity index (χ4v) is 2.10. The van der Waals surface area contributed by atoms with Gasteiger partial charge in [-0.25, -0.2) is 0 Å². The normalized spacial score (nSPS) is 14.8. The Hall–Kier alpha value is -0.860. The summed E-state index contributed by atoms with van der Waals surface area (Å²) in [6.07, 6.45) is 0.182. The summed E-state index contributed by atoms with van der Waals surface area (Å²) in [6, 6.07) is 6.93. The molecule has 0 aromatic heterocycles. The van der Waals surface area contributed by atoms with Crippen LogP contribution in [-0.4, -0.2) is 19.8 Å². The van der Waals surface area contributed by atoms with Gasteiger partial charge in [0.15, 0.2) is 0 Å². The van der Waals surface area contributed by atoms with Crippen LogP contribution in [0.4, 0.5) is 0 Å². The fourth-order valence-electron chi connectivity index (χ4n) is 2.10. The van der Waals surface area contributed by atoms with E-state index in [1.54, 1.807) is 7.11 Å². The molecule has 2 unspecified atom stereocenters. The van der Waals surface area contributed by atoms with Gasteiger partial charge in [0, 0.05) is 7.11 Å². The summed E-state index contributed by atoms with van der Waals surface area (Å²) in [6.45, 7) is 9.45. The van der Waals surface area contributed by atoms with Gasteiger partial charge in [0.1, 0.15) is 0 Å². The maximum absolute atomic E-state index is 5.44. The Morgan fingerprint density at radius 2 is 1.75 bits per heavy atom. The van der Waals surface area contributed by atoms with Crippen LogP contribution in [0.15, 0.2) is 18.2 Å². The lowest BCUT2D eigenvalue weighted by Gasteiger charge is -2.24. The van der Waals surface area contributed by atoms with Crippen molar-refractivity contribution in [2.75, 3.05) is 13.7 Å². The molecule has 1 rings (SSSR count). The third kappa shape index (κ3) is 3.32. The van der Waals surface area contributed by atoms with Gasteiger partial charge in [-0.3, -0.25) is 0 Å². The van der Waals surface area contributed by atoms with Crippen molar-refractivity contribution < 1.29 is 4.74 Å². The molecule has 0 spiro atoms. The van der Waals surface area contributed by atoms with Gasteiger partial charge in [-0.15, -0.1) is 0 Å². The molecule has 2 heteroatoms. The predicted octanol–water partition coefficient (Wildman–Crippen LogP) is 2.99. The molecular weight excluding hydrogens is 198 g/mol. The van der Waals surface area contributed by atoms with E-state index in [9.17, 15) is 0 Å². The summed E-state index contributed by atoms with van der Waals surface area (Å²) in [4.78, 5) is 0. The molecule has 1 N–H and O–H groups in total. The molecule has 0 heterocycles. The van der Waals surface area contributed by atoms with E-state index in [4.69, 9.17) is 4.74 Å². The van der Waals surface area contributed by atoms with Crippen molar-refractivity contribution >= 4 is 0 Å². The third-order valence-electron chi connectivity index (χ3n) is 2.87. The molecule has 16 heavy (non-hydrogen) atoms. The van der Waals surface area contributed by atoms with Crippen LogP contribution in [0.2, 0.25) is 0 Å². The van der Waals surface area contributed by atoms with E-state index in [2.05, 4.69) is 51.2 Å². The van der Waals surface area contributed by atoms with E-state index in [1.165, 1.54) is 16.7 Å². The van der Waals surface area contributed by atoms with Gasteiger partial charge < -0.3 is 10.1 Å². The van der Waals surface area contributed by atoms with Crippen LogP contribution in [0.5, 0.6) is 0 Å². The highest BCUT2D eigenvalue weighted by atomic mass is 16.5. The molecule has 0 aliphatic rings. The summed E-state index contributed by atoms with van der Waals surface area (Å²) in [5, 5.41) is 3.48. The van der Waals surface area contributed by atoms with Crippen molar-refractivity contribution in [1.29, 1.82) is 0 Å². The first-order valence-corrected chi connectivity index (χ1v) is 5.92. The van der Waals surface area contributed by atoms with Gasteiger partial charge >= 0.3 is 0 Å². The first-order chi connectivity index (χ1) is 7.58. The SMILES string of the molecule is CCNC(c1cc(C)cc(C)c1)C(C)OC. The summed E-state index contributed by atoms with van der Waals surface area (Å²) in [5.74, 6) is 0. The first kappa shape index (κ1) is 13.2. The van der Waals surface area contributed by atoms with Crippen molar-refractivity contribution in [1.82, 2.24) is 5.32 Å². The Morgan fingerprint density at radius 1 is 1.19 bits per heavy atom. The molecule has 0 fully saturated rings. The van der Waals surface area contributed by atoms with E-state index in [0.717, 1.165) is 6.54 Å². The average molecular weight is 221 g/mol. The van der Waals surface area contributed by atoms with Gasteiger partial charge in [-0.2, -0.15) is 0 Å². The number of nitrogens with one attached hydrogen (secondary N) is 1. The van der Waals surface area contributed by atoms with Crippen molar-refractivity contribution in [3.63, 3.8) is 0 Å². The maximum atomic E-state index is 5.44. The lowest BCUT2D eigenvalue weighted by Crippen LogP contribution is -2.31. The second-order valence-electron chi connectivity index (χ2n) is 4.40. The number of methoxy groups -OCH3 is 1. The number of ether oxygens (including phenoxy) is 1. The summed E-state index contributed by atoms with van der Waals surface area (Å²) in [5.41, 5.74) is 3.93. The topological polar surface area (TPSA) is 21.3 Å². The number of aryl methyl sites for hydroxylation is 2. The highest BCUT2D eigenvalue weighted by molar-refractivity contribution is 5.31. The predicted molar refractivity (Wildman–Crippen MR) is 68.8 cm³/mol. The van der Waals surface area contributed by atoms with Gasteiger partial charge in [0.2, 0.25) is 0 Å². The third-order valence-corrected chi connectivity index (χ3v) is 2.87. The molecule has 0 aliphatic carbocycles. The molecule has 0 radical (unpaired) electrons. The fraction of sp³-hybridized carbons (Fsp3) is 0.571. The molecular formula is C14H23NO. The number of hydrogen-bond donors (Lipinski definition) is 1. The smallest absolute Gasteiger partial charge is 0.0737 e. The minimum Gasteiger partial charge on any atom is -0.380 e. The second kappa shape index (κ2) is 6.02. The molecule has 0 saturated carbocycles. The monoisotopic (exact) mass is 221 g/mol. The van der Waals surface area contributed by atoms with E-state index in [-0.39, 0.29) is 12.1 Å². The number of hydrogen-bond acceptors (Lipinski definition) is 2. The summed E-state index contributed by atoms with van der Waals surface area (Å²) in [7, 11) is 1.76. The van der Waals surface area contributed by atoms with Crippen molar-refractivity contribution in [2.24, 2.45) is 0 Å². The van der Waals surface area contributed by atoms with Crippen LogP contribution in [0, 0.1) is 13.8 Å². The molecule has 2 nitrogen and oxygen atoms in total. The highest BCUT2D eigenvalue weighted by Gasteiger charge is 2.18. The van der Waals surface area contributed by atoms with Crippen LogP contribution in [-0.2, 0) is 4.74 Å². The highest BCUT2D eigenvalue weighted by Crippen LogP contribution is 2.21. The Balaban J connectivity index is 3.00. The second-order valence-corrected chi connectivity index (χ2v) is 4.40. The average Bonchev–Trinajstić information content (AvgIpc) is 2.23. The maximum Gasteiger partial charge on any atom is 0.0737 e. The van der Waals surface area contributed by atoms with Gasteiger partial charge in [-0.05, 0) is 32.9 Å². The number of benzene rings is 1. The minimum absolute atomic E-state index is 0.182. The Labute approximate surface area is 99.0 Å². The Bertz CT molecular complexity index is 315. The minimum atomic E-state index is 0.182. The number of rotatable bonds is 5. The Morgan fingerprint density at radius 3 is 2.19 bits per heavy atom. The number of likely N-dealkylation sites (N-methyl/N-ethyl adjacent to an activating group) is 1. The van der Waals surface area contributed by atoms with Gasteiger partial charge in [-0.1, -0.05) is 36.2 Å². The Kier molecular flexibility index (Phi) is 4.97. The van der Waals surface area contributed by atoms with Crippen LogP contribution < -0.4 is 5.32 Å².